The van der Waals surface area contributed by atoms with E-state index in [1.54, 1.807) is 0 Å². The van der Waals surface area contributed by atoms with Crippen molar-refractivity contribution in [2.24, 2.45) is 0 Å². The van der Waals surface area contributed by atoms with Crippen LogP contribution in [0.3, 0.4) is 0 Å². The zero-order valence-corrected chi connectivity index (χ0v) is 11.3. The average Bonchev–Trinajstić information content (AvgIpc) is 2.46. The van der Waals surface area contributed by atoms with Gasteiger partial charge in [0.2, 0.25) is 0 Å². The molecular formula is C12H14F2N2O5. The van der Waals surface area contributed by atoms with Gasteiger partial charge in [0.1, 0.15) is 0 Å². The molecule has 116 valence electrons. The molecular weight excluding hydrogens is 290 g/mol. The number of hydrogen-bond acceptors (Lipinski definition) is 5. The van der Waals surface area contributed by atoms with Gasteiger partial charge in [-0.25, -0.2) is 14.7 Å². The summed E-state index contributed by atoms with van der Waals surface area (Å²) < 4.78 is 33.4. The third-order valence-electron chi connectivity index (χ3n) is 2.39. The fraction of sp³-hybridized carbons (Fsp3) is 0.333. The van der Waals surface area contributed by atoms with Crippen molar-refractivity contribution in [2.75, 3.05) is 19.0 Å². The van der Waals surface area contributed by atoms with Crippen LogP contribution in [0.2, 0.25) is 0 Å². The molecule has 0 heterocycles. The van der Waals surface area contributed by atoms with Crippen LogP contribution in [0.5, 0.6) is 5.75 Å². The second kappa shape index (κ2) is 7.39. The van der Waals surface area contributed by atoms with Gasteiger partial charge in [0.05, 0.1) is 18.4 Å². The van der Waals surface area contributed by atoms with Gasteiger partial charge in [-0.05, 0) is 25.1 Å². The van der Waals surface area contributed by atoms with Crippen molar-refractivity contribution >= 4 is 17.7 Å². The number of hydrogen-bond donors (Lipinski definition) is 2. The molecule has 0 unspecified atom stereocenters. The van der Waals surface area contributed by atoms with Crippen LogP contribution in [-0.4, -0.2) is 42.5 Å². The number of alkyl halides is 2. The fourth-order valence-corrected chi connectivity index (χ4v) is 1.39. The second-order valence-electron chi connectivity index (χ2n) is 3.73. The molecule has 0 aliphatic rings. The van der Waals surface area contributed by atoms with Gasteiger partial charge >= 0.3 is 18.6 Å². The summed E-state index contributed by atoms with van der Waals surface area (Å²) in [5.74, 6) is -1.17. The summed E-state index contributed by atoms with van der Waals surface area (Å²) in [4.78, 5) is 22.8. The summed E-state index contributed by atoms with van der Waals surface area (Å²) in [7, 11) is 1.14. The van der Waals surface area contributed by atoms with Crippen LogP contribution in [0.1, 0.15) is 17.3 Å². The van der Waals surface area contributed by atoms with E-state index in [-0.39, 0.29) is 17.8 Å². The third-order valence-corrected chi connectivity index (χ3v) is 2.39. The number of ether oxygens (including phenoxy) is 2. The van der Waals surface area contributed by atoms with Crippen LogP contribution in [-0.2, 0) is 4.74 Å². The van der Waals surface area contributed by atoms with Crippen molar-refractivity contribution in [1.82, 2.24) is 5.06 Å². The van der Waals surface area contributed by atoms with E-state index in [2.05, 4.69) is 14.8 Å². The monoisotopic (exact) mass is 304 g/mol. The Kier molecular flexibility index (Phi) is 5.85. The topological polar surface area (TPSA) is 88.1 Å². The van der Waals surface area contributed by atoms with E-state index < -0.39 is 24.4 Å². The van der Waals surface area contributed by atoms with Gasteiger partial charge in [-0.15, -0.1) is 0 Å². The van der Waals surface area contributed by atoms with E-state index in [0.717, 1.165) is 13.2 Å². The van der Waals surface area contributed by atoms with E-state index in [1.165, 1.54) is 19.1 Å². The van der Waals surface area contributed by atoms with E-state index in [9.17, 15) is 23.6 Å². The molecule has 1 aromatic carbocycles. The highest BCUT2D eigenvalue weighted by atomic mass is 19.3. The highest BCUT2D eigenvalue weighted by Gasteiger charge is 2.17. The Labute approximate surface area is 119 Å². The van der Waals surface area contributed by atoms with Crippen LogP contribution in [0.15, 0.2) is 18.2 Å². The number of anilines is 1. The molecule has 2 amide bonds. The van der Waals surface area contributed by atoms with Gasteiger partial charge in [0.25, 0.3) is 0 Å². The van der Waals surface area contributed by atoms with E-state index in [0.29, 0.717) is 5.06 Å². The summed E-state index contributed by atoms with van der Waals surface area (Å²) in [6.45, 7) is -1.64. The number of carbonyl (C=O) groups excluding carboxylic acids is 2. The van der Waals surface area contributed by atoms with Gasteiger partial charge in [-0.2, -0.15) is 8.78 Å². The SMILES string of the molecule is CCN(O)C(=O)Nc1ccc(C(=O)OC)cc1OC(F)F. The molecule has 0 atom stereocenters. The second-order valence-corrected chi connectivity index (χ2v) is 3.73. The van der Waals surface area contributed by atoms with Crippen molar-refractivity contribution in [2.45, 2.75) is 13.5 Å². The Morgan fingerprint density at radius 3 is 2.62 bits per heavy atom. The van der Waals surface area contributed by atoms with Crippen molar-refractivity contribution in [1.29, 1.82) is 0 Å². The first-order valence-electron chi connectivity index (χ1n) is 5.83. The van der Waals surface area contributed by atoms with Gasteiger partial charge in [0, 0.05) is 6.54 Å². The Hall–Kier alpha value is -2.42. The summed E-state index contributed by atoms with van der Waals surface area (Å²) in [6.07, 6.45) is 0. The van der Waals surface area contributed by atoms with Crippen LogP contribution < -0.4 is 10.1 Å². The minimum atomic E-state index is -3.15. The number of rotatable bonds is 5. The van der Waals surface area contributed by atoms with E-state index in [4.69, 9.17) is 0 Å². The van der Waals surface area contributed by atoms with Crippen LogP contribution in [0, 0.1) is 0 Å². The molecule has 0 saturated heterocycles. The van der Waals surface area contributed by atoms with Gasteiger partial charge in [0.15, 0.2) is 5.75 Å². The van der Waals surface area contributed by atoms with Crippen molar-refractivity contribution < 1.29 is 33.1 Å². The number of amides is 2. The standard InChI is InChI=1S/C12H14F2N2O5/c1-3-16(19)12(18)15-8-5-4-7(10(17)20-2)6-9(8)21-11(13)14/h4-6,11,19H,3H2,1-2H3,(H,15,18). The predicted octanol–water partition coefficient (Wildman–Crippen LogP) is 2.32. The minimum absolute atomic E-state index is 0.00286. The summed E-state index contributed by atoms with van der Waals surface area (Å²) in [6, 6.07) is 2.52. The predicted molar refractivity (Wildman–Crippen MR) is 67.6 cm³/mol. The smallest absolute Gasteiger partial charge is 0.387 e. The maximum Gasteiger partial charge on any atom is 0.387 e. The zero-order valence-electron chi connectivity index (χ0n) is 11.3. The molecule has 0 aliphatic carbocycles. The highest BCUT2D eigenvalue weighted by Crippen LogP contribution is 2.28. The lowest BCUT2D eigenvalue weighted by Crippen LogP contribution is -2.31. The molecule has 2 N–H and O–H groups in total. The van der Waals surface area contributed by atoms with Crippen LogP contribution >= 0.6 is 0 Å². The molecule has 1 aromatic rings. The Morgan fingerprint density at radius 2 is 2.10 bits per heavy atom. The van der Waals surface area contributed by atoms with Gasteiger partial charge in [-0.3, -0.25) is 5.21 Å². The average molecular weight is 304 g/mol. The van der Waals surface area contributed by atoms with Crippen molar-refractivity contribution in [3.8, 4) is 5.75 Å². The largest absolute Gasteiger partial charge is 0.465 e. The molecule has 0 saturated carbocycles. The Bertz CT molecular complexity index is 524. The molecule has 21 heavy (non-hydrogen) atoms. The normalized spacial score (nSPS) is 10.2. The fourth-order valence-electron chi connectivity index (χ4n) is 1.39. The number of benzene rings is 1. The number of urea groups is 1. The summed E-state index contributed by atoms with van der Waals surface area (Å²) in [5.41, 5.74) is -0.150. The molecule has 7 nitrogen and oxygen atoms in total. The molecule has 0 fully saturated rings. The number of esters is 1. The highest BCUT2D eigenvalue weighted by molar-refractivity contribution is 5.94. The lowest BCUT2D eigenvalue weighted by atomic mass is 10.2. The number of halogens is 2. The third kappa shape index (κ3) is 4.56. The number of nitrogens with one attached hydrogen (secondary N) is 1. The molecule has 0 aliphatic heterocycles. The summed E-state index contributed by atoms with van der Waals surface area (Å²) >= 11 is 0. The molecule has 0 radical (unpaired) electrons. The molecule has 1 rings (SSSR count). The molecule has 0 spiro atoms. The number of hydroxylamine groups is 2. The number of carbonyl (C=O) groups is 2. The van der Waals surface area contributed by atoms with Crippen molar-refractivity contribution in [3.63, 3.8) is 0 Å². The van der Waals surface area contributed by atoms with E-state index in [1.807, 2.05) is 0 Å². The van der Waals surface area contributed by atoms with Crippen molar-refractivity contribution in [3.05, 3.63) is 23.8 Å². The Balaban J connectivity index is 3.07. The number of nitrogens with zero attached hydrogens (tertiary/aromatic N) is 1. The lowest BCUT2D eigenvalue weighted by molar-refractivity contribution is -0.0496. The van der Waals surface area contributed by atoms with Gasteiger partial charge < -0.3 is 14.8 Å². The quantitative estimate of drug-likeness (QED) is 0.495. The first kappa shape index (κ1) is 16.6. The molecule has 0 aromatic heterocycles. The minimum Gasteiger partial charge on any atom is -0.465 e. The zero-order chi connectivity index (χ0) is 16.0. The summed E-state index contributed by atoms with van der Waals surface area (Å²) in [5, 5.41) is 11.7. The van der Waals surface area contributed by atoms with Gasteiger partial charge in [-0.1, -0.05) is 0 Å². The van der Waals surface area contributed by atoms with Crippen LogP contribution in [0.4, 0.5) is 19.3 Å². The molecule has 0 bridgehead atoms. The maximum atomic E-state index is 12.4. The number of methoxy groups -OCH3 is 1. The molecule has 9 heteroatoms. The first-order valence-corrected chi connectivity index (χ1v) is 5.83. The lowest BCUT2D eigenvalue weighted by Gasteiger charge is -2.16. The first-order chi connectivity index (χ1) is 9.88. The van der Waals surface area contributed by atoms with Crippen LogP contribution in [0.25, 0.3) is 0 Å². The Morgan fingerprint density at radius 1 is 1.43 bits per heavy atom. The maximum absolute atomic E-state index is 12.4. The van der Waals surface area contributed by atoms with E-state index >= 15 is 0 Å².